The van der Waals surface area contributed by atoms with E-state index < -0.39 is 0 Å². The van der Waals surface area contributed by atoms with E-state index in [4.69, 9.17) is 17.4 Å². The van der Waals surface area contributed by atoms with Crippen molar-refractivity contribution in [2.24, 2.45) is 5.84 Å². The molecule has 0 aromatic carbocycles. The number of aromatic amines is 1. The second-order valence-corrected chi connectivity index (χ2v) is 5.85. The van der Waals surface area contributed by atoms with Crippen molar-refractivity contribution in [2.45, 2.75) is 6.42 Å². The summed E-state index contributed by atoms with van der Waals surface area (Å²) in [6.45, 7) is 0.734. The molecule has 5 N–H and O–H groups in total. The molecule has 0 atom stereocenters. The third-order valence-corrected chi connectivity index (χ3v) is 4.02. The first-order valence-electron chi connectivity index (χ1n) is 5.92. The Labute approximate surface area is 123 Å². The predicted molar refractivity (Wildman–Crippen MR) is 81.0 cm³/mol. The molecule has 3 rings (SSSR count). The lowest BCUT2D eigenvalue weighted by atomic mass is 10.3. The first-order chi connectivity index (χ1) is 9.76. The summed E-state index contributed by atoms with van der Waals surface area (Å²) in [4.78, 5) is 9.67. The Balaban J connectivity index is 1.74. The fraction of sp³-hybridized carbons (Fsp3) is 0.182. The third kappa shape index (κ3) is 2.67. The number of H-pyrrole nitrogens is 1. The highest BCUT2D eigenvalue weighted by molar-refractivity contribution is 7.16. The molecule has 0 radical (unpaired) electrons. The lowest BCUT2D eigenvalue weighted by molar-refractivity contribution is 1.02. The van der Waals surface area contributed by atoms with Gasteiger partial charge in [0, 0.05) is 11.4 Å². The van der Waals surface area contributed by atoms with Gasteiger partial charge in [-0.05, 0) is 18.6 Å². The van der Waals surface area contributed by atoms with Crippen LogP contribution in [0.2, 0.25) is 4.34 Å². The standard InChI is InChI=1S/C11H12ClN7S/c12-8-2-1-6(20-8)3-4-14-9-7-5-15-19-10(7)17-11(16-9)18-13/h1-2,5H,3-4,13H2,(H3,14,15,16,17,18,19). The van der Waals surface area contributed by atoms with Gasteiger partial charge in [-0.2, -0.15) is 15.1 Å². The number of halogens is 1. The van der Waals surface area contributed by atoms with E-state index >= 15 is 0 Å². The van der Waals surface area contributed by atoms with Gasteiger partial charge < -0.3 is 5.32 Å². The van der Waals surface area contributed by atoms with Crippen molar-refractivity contribution >= 4 is 45.7 Å². The highest BCUT2D eigenvalue weighted by Crippen LogP contribution is 2.23. The summed E-state index contributed by atoms with van der Waals surface area (Å²) in [7, 11) is 0. The first kappa shape index (κ1) is 13.1. The molecule has 20 heavy (non-hydrogen) atoms. The third-order valence-electron chi connectivity index (χ3n) is 2.73. The summed E-state index contributed by atoms with van der Waals surface area (Å²) < 4.78 is 0.800. The van der Waals surface area contributed by atoms with E-state index in [1.165, 1.54) is 4.88 Å². The molecule has 3 aromatic rings. The summed E-state index contributed by atoms with van der Waals surface area (Å²) in [6, 6.07) is 3.92. The Morgan fingerprint density at radius 2 is 2.25 bits per heavy atom. The highest BCUT2D eigenvalue weighted by Gasteiger charge is 2.08. The number of hydrazine groups is 1. The van der Waals surface area contributed by atoms with Crippen molar-refractivity contribution in [1.29, 1.82) is 0 Å². The molecule has 9 heteroatoms. The minimum Gasteiger partial charge on any atom is -0.369 e. The molecule has 0 saturated carbocycles. The topological polar surface area (TPSA) is 105 Å². The number of hydrogen-bond donors (Lipinski definition) is 4. The summed E-state index contributed by atoms with van der Waals surface area (Å²) >= 11 is 7.48. The molecule has 7 nitrogen and oxygen atoms in total. The maximum Gasteiger partial charge on any atom is 0.241 e. The number of anilines is 2. The maximum absolute atomic E-state index is 5.90. The van der Waals surface area contributed by atoms with Gasteiger partial charge in [0.1, 0.15) is 5.82 Å². The van der Waals surface area contributed by atoms with E-state index in [1.54, 1.807) is 17.5 Å². The zero-order valence-corrected chi connectivity index (χ0v) is 11.9. The van der Waals surface area contributed by atoms with Crippen LogP contribution in [-0.4, -0.2) is 26.7 Å². The van der Waals surface area contributed by atoms with E-state index in [9.17, 15) is 0 Å². The Bertz CT molecular complexity index is 722. The average molecular weight is 310 g/mol. The van der Waals surface area contributed by atoms with Crippen molar-refractivity contribution in [2.75, 3.05) is 17.3 Å². The van der Waals surface area contributed by atoms with Crippen LogP contribution in [-0.2, 0) is 6.42 Å². The number of hydrogen-bond acceptors (Lipinski definition) is 7. The predicted octanol–water partition coefficient (Wildman–Crippen LogP) is 2.01. The van der Waals surface area contributed by atoms with Crippen LogP contribution in [0.1, 0.15) is 4.88 Å². The molecule has 0 spiro atoms. The molecule has 0 aliphatic heterocycles. The number of nitrogens with one attached hydrogen (secondary N) is 3. The van der Waals surface area contributed by atoms with Crippen molar-refractivity contribution in [3.05, 3.63) is 27.5 Å². The molecule has 0 aliphatic carbocycles. The number of aromatic nitrogens is 4. The zero-order valence-electron chi connectivity index (χ0n) is 10.4. The fourth-order valence-corrected chi connectivity index (χ4v) is 2.91. The summed E-state index contributed by atoms with van der Waals surface area (Å²) in [5.74, 6) is 6.38. The number of fused-ring (bicyclic) bond motifs is 1. The quantitative estimate of drug-likeness (QED) is 0.424. The highest BCUT2D eigenvalue weighted by atomic mass is 35.5. The maximum atomic E-state index is 5.90. The van der Waals surface area contributed by atoms with Crippen LogP contribution >= 0.6 is 22.9 Å². The number of thiophene rings is 1. The van der Waals surface area contributed by atoms with E-state index in [2.05, 4.69) is 30.9 Å². The van der Waals surface area contributed by atoms with Crippen LogP contribution in [0.25, 0.3) is 11.0 Å². The summed E-state index contributed by atoms with van der Waals surface area (Å²) in [5.41, 5.74) is 3.07. The fourth-order valence-electron chi connectivity index (χ4n) is 1.82. The van der Waals surface area contributed by atoms with Crippen molar-refractivity contribution in [1.82, 2.24) is 20.2 Å². The van der Waals surface area contributed by atoms with Gasteiger partial charge in [0.15, 0.2) is 5.65 Å². The second-order valence-electron chi connectivity index (χ2n) is 4.06. The normalized spacial score (nSPS) is 10.9. The van der Waals surface area contributed by atoms with Gasteiger partial charge in [-0.25, -0.2) is 5.84 Å². The number of nitrogens with zero attached hydrogens (tertiary/aromatic N) is 3. The van der Waals surface area contributed by atoms with E-state index in [-0.39, 0.29) is 0 Å². The summed E-state index contributed by atoms with van der Waals surface area (Å²) in [5, 5.41) is 10.8. The molecule has 0 saturated heterocycles. The van der Waals surface area contributed by atoms with Crippen LogP contribution in [0.3, 0.4) is 0 Å². The van der Waals surface area contributed by atoms with Gasteiger partial charge in [0.05, 0.1) is 15.9 Å². The lowest BCUT2D eigenvalue weighted by Gasteiger charge is -2.07. The monoisotopic (exact) mass is 309 g/mol. The Kier molecular flexibility index (Phi) is 3.68. The number of nitrogen functional groups attached to an aromatic ring is 1. The minimum atomic E-state index is 0.336. The lowest BCUT2D eigenvalue weighted by Crippen LogP contribution is -2.13. The molecule has 104 valence electrons. The van der Waals surface area contributed by atoms with Gasteiger partial charge in [-0.15, -0.1) is 11.3 Å². The minimum absolute atomic E-state index is 0.336. The average Bonchev–Trinajstić information content (AvgIpc) is 3.07. The number of rotatable bonds is 5. The van der Waals surface area contributed by atoms with Gasteiger partial charge in [-0.3, -0.25) is 10.5 Å². The van der Waals surface area contributed by atoms with Crippen LogP contribution in [0.5, 0.6) is 0 Å². The Morgan fingerprint density at radius 3 is 3.00 bits per heavy atom. The molecular weight excluding hydrogens is 298 g/mol. The van der Waals surface area contributed by atoms with Gasteiger partial charge in [0.25, 0.3) is 0 Å². The molecule has 0 unspecified atom stereocenters. The van der Waals surface area contributed by atoms with Crippen molar-refractivity contribution in [3.63, 3.8) is 0 Å². The van der Waals surface area contributed by atoms with Gasteiger partial charge >= 0.3 is 0 Å². The van der Waals surface area contributed by atoms with Crippen LogP contribution in [0.15, 0.2) is 18.3 Å². The SMILES string of the molecule is NNc1nc(NCCc2ccc(Cl)s2)c2cn[nH]c2n1. The van der Waals surface area contributed by atoms with Crippen LogP contribution in [0, 0.1) is 0 Å². The molecular formula is C11H12ClN7S. The molecule has 3 heterocycles. The molecule has 0 bridgehead atoms. The van der Waals surface area contributed by atoms with Crippen molar-refractivity contribution in [3.8, 4) is 0 Å². The van der Waals surface area contributed by atoms with Crippen LogP contribution < -0.4 is 16.6 Å². The first-order valence-corrected chi connectivity index (χ1v) is 7.11. The van der Waals surface area contributed by atoms with E-state index in [0.717, 1.165) is 22.7 Å². The Hall–Kier alpha value is -1.90. The number of nitrogens with two attached hydrogens (primary N) is 1. The largest absolute Gasteiger partial charge is 0.369 e. The van der Waals surface area contributed by atoms with Gasteiger partial charge in [-0.1, -0.05) is 11.6 Å². The van der Waals surface area contributed by atoms with E-state index in [0.29, 0.717) is 17.4 Å². The van der Waals surface area contributed by atoms with Gasteiger partial charge in [0.2, 0.25) is 5.95 Å². The molecule has 0 aliphatic rings. The smallest absolute Gasteiger partial charge is 0.241 e. The molecule has 0 fully saturated rings. The van der Waals surface area contributed by atoms with Crippen molar-refractivity contribution < 1.29 is 0 Å². The molecule has 3 aromatic heterocycles. The van der Waals surface area contributed by atoms with Crippen LogP contribution in [0.4, 0.5) is 11.8 Å². The summed E-state index contributed by atoms with van der Waals surface area (Å²) in [6.07, 6.45) is 2.55. The van der Waals surface area contributed by atoms with E-state index in [1.807, 2.05) is 12.1 Å². The Morgan fingerprint density at radius 1 is 1.35 bits per heavy atom. The second kappa shape index (κ2) is 5.61. The molecule has 0 amide bonds. The zero-order chi connectivity index (χ0) is 13.9.